The Bertz CT molecular complexity index is 930. The van der Waals surface area contributed by atoms with E-state index in [4.69, 9.17) is 4.74 Å². The molecule has 8 heteroatoms. The van der Waals surface area contributed by atoms with Crippen LogP contribution in [0.1, 0.15) is 24.0 Å². The van der Waals surface area contributed by atoms with Crippen molar-refractivity contribution in [1.82, 2.24) is 18.6 Å². The Labute approximate surface area is 161 Å². The average Bonchev–Trinajstić information content (AvgIpc) is 3.18. The lowest BCUT2D eigenvalue weighted by atomic mass is 10.1. The van der Waals surface area contributed by atoms with Crippen molar-refractivity contribution >= 4 is 34.5 Å². The first-order valence-corrected chi connectivity index (χ1v) is 9.72. The van der Waals surface area contributed by atoms with E-state index in [1.165, 1.54) is 0 Å². The quantitative estimate of drug-likeness (QED) is 0.744. The Morgan fingerprint density at radius 2 is 2.30 bits per heavy atom. The van der Waals surface area contributed by atoms with E-state index in [2.05, 4.69) is 19.0 Å². The van der Waals surface area contributed by atoms with Crippen molar-refractivity contribution in [2.24, 2.45) is 0 Å². The molecule has 2 amide bonds. The van der Waals surface area contributed by atoms with E-state index in [1.54, 1.807) is 12.4 Å². The summed E-state index contributed by atoms with van der Waals surface area (Å²) in [5.41, 5.74) is 4.30. The van der Waals surface area contributed by atoms with Crippen molar-refractivity contribution in [3.63, 3.8) is 0 Å². The summed E-state index contributed by atoms with van der Waals surface area (Å²) in [7, 11) is 0. The van der Waals surface area contributed by atoms with E-state index in [9.17, 15) is 4.79 Å². The number of likely N-dealkylation sites (tertiary alicyclic amines) is 1. The number of anilines is 1. The van der Waals surface area contributed by atoms with Gasteiger partial charge in [0.25, 0.3) is 0 Å². The third-order valence-corrected chi connectivity index (χ3v) is 5.28. The van der Waals surface area contributed by atoms with Crippen LogP contribution in [-0.4, -0.2) is 43.9 Å². The summed E-state index contributed by atoms with van der Waals surface area (Å²) in [6.07, 6.45) is 5.46. The summed E-state index contributed by atoms with van der Waals surface area (Å²) in [5, 5.41) is 3.03. The van der Waals surface area contributed by atoms with E-state index >= 15 is 0 Å². The third kappa shape index (κ3) is 4.06. The Morgan fingerprint density at radius 1 is 1.37 bits per heavy atom. The van der Waals surface area contributed by atoms with Gasteiger partial charge in [0.2, 0.25) is 0 Å². The maximum atomic E-state index is 12.8. The third-order valence-electron chi connectivity index (χ3n) is 4.74. The highest BCUT2D eigenvalue weighted by molar-refractivity contribution is 7.00. The molecule has 2 aromatic heterocycles. The molecule has 0 aliphatic carbocycles. The number of ether oxygens (including phenoxy) is 1. The zero-order valence-corrected chi connectivity index (χ0v) is 15.9. The van der Waals surface area contributed by atoms with Crippen LogP contribution in [0.25, 0.3) is 11.0 Å². The van der Waals surface area contributed by atoms with Crippen molar-refractivity contribution in [2.75, 3.05) is 18.4 Å². The molecule has 0 bridgehead atoms. The highest BCUT2D eigenvalue weighted by Crippen LogP contribution is 2.26. The minimum Gasteiger partial charge on any atom is -0.372 e. The lowest BCUT2D eigenvalue weighted by Gasteiger charge is -2.32. The average molecular weight is 383 g/mol. The number of aryl methyl sites for hydroxylation is 1. The second-order valence-electron chi connectivity index (χ2n) is 6.70. The van der Waals surface area contributed by atoms with Gasteiger partial charge >= 0.3 is 6.03 Å². The number of pyridine rings is 1. The zero-order valence-electron chi connectivity index (χ0n) is 15.1. The van der Waals surface area contributed by atoms with E-state index in [0.29, 0.717) is 13.2 Å². The molecule has 1 aromatic carbocycles. The fraction of sp³-hybridized carbons (Fsp3) is 0.368. The SMILES string of the molecule is Cc1ccc2nsnc2c1NC(=O)N1CCC[C@H](OCc2cccnc2)C1. The van der Waals surface area contributed by atoms with E-state index < -0.39 is 0 Å². The first-order chi connectivity index (χ1) is 13.2. The minimum absolute atomic E-state index is 0.0301. The predicted molar refractivity (Wildman–Crippen MR) is 105 cm³/mol. The van der Waals surface area contributed by atoms with E-state index in [-0.39, 0.29) is 12.1 Å². The maximum absolute atomic E-state index is 12.8. The molecule has 1 fully saturated rings. The molecule has 1 aliphatic heterocycles. The number of piperidine rings is 1. The van der Waals surface area contributed by atoms with Gasteiger partial charge in [-0.25, -0.2) is 4.79 Å². The second kappa shape index (κ2) is 7.98. The number of aromatic nitrogens is 3. The topological polar surface area (TPSA) is 80.2 Å². The number of urea groups is 1. The van der Waals surface area contributed by atoms with Gasteiger partial charge in [0.1, 0.15) is 11.0 Å². The molecule has 1 N–H and O–H groups in total. The summed E-state index contributed by atoms with van der Waals surface area (Å²) in [5.74, 6) is 0. The van der Waals surface area contributed by atoms with Gasteiger partial charge in [0.05, 0.1) is 30.1 Å². The van der Waals surface area contributed by atoms with Crippen LogP contribution in [0.5, 0.6) is 0 Å². The summed E-state index contributed by atoms with van der Waals surface area (Å²) >= 11 is 1.15. The van der Waals surface area contributed by atoms with Crippen LogP contribution in [0.4, 0.5) is 10.5 Å². The van der Waals surface area contributed by atoms with Crippen molar-refractivity contribution in [3.8, 4) is 0 Å². The monoisotopic (exact) mass is 383 g/mol. The number of hydrogen-bond acceptors (Lipinski definition) is 6. The summed E-state index contributed by atoms with van der Waals surface area (Å²) in [6.45, 7) is 3.78. The number of nitrogens with one attached hydrogen (secondary N) is 1. The van der Waals surface area contributed by atoms with Crippen LogP contribution in [0.15, 0.2) is 36.7 Å². The highest BCUT2D eigenvalue weighted by atomic mass is 32.1. The van der Waals surface area contributed by atoms with Gasteiger partial charge in [-0.3, -0.25) is 4.98 Å². The van der Waals surface area contributed by atoms with Crippen molar-refractivity contribution in [3.05, 3.63) is 47.8 Å². The van der Waals surface area contributed by atoms with Gasteiger partial charge in [0, 0.05) is 25.5 Å². The molecule has 0 saturated carbocycles. The molecule has 27 heavy (non-hydrogen) atoms. The Hall–Kier alpha value is -2.58. The fourth-order valence-corrected chi connectivity index (χ4v) is 3.79. The fourth-order valence-electron chi connectivity index (χ4n) is 3.25. The largest absolute Gasteiger partial charge is 0.372 e. The normalized spacial score (nSPS) is 17.2. The highest BCUT2D eigenvalue weighted by Gasteiger charge is 2.25. The molecule has 1 saturated heterocycles. The van der Waals surface area contributed by atoms with Gasteiger partial charge < -0.3 is 15.0 Å². The predicted octanol–water partition coefficient (Wildman–Crippen LogP) is 3.61. The Balaban J connectivity index is 1.39. The van der Waals surface area contributed by atoms with E-state index in [0.717, 1.165) is 59.0 Å². The number of hydrogen-bond donors (Lipinski definition) is 1. The molecular weight excluding hydrogens is 362 g/mol. The van der Waals surface area contributed by atoms with Crippen LogP contribution in [-0.2, 0) is 11.3 Å². The molecule has 3 heterocycles. The van der Waals surface area contributed by atoms with Crippen LogP contribution in [0.3, 0.4) is 0 Å². The number of carbonyl (C=O) groups excluding carboxylic acids is 1. The Kier molecular flexibility index (Phi) is 5.26. The van der Waals surface area contributed by atoms with E-state index in [1.807, 2.05) is 36.1 Å². The molecule has 4 rings (SSSR count). The molecule has 7 nitrogen and oxygen atoms in total. The standard InChI is InChI=1S/C19H21N5O2S/c1-13-6-7-16-18(23-27-22-16)17(13)21-19(25)24-9-3-5-15(11-24)26-12-14-4-2-8-20-10-14/h2,4,6-8,10,15H,3,5,9,11-12H2,1H3,(H,21,25)/t15-/m0/s1. The number of benzene rings is 1. The van der Waals surface area contributed by atoms with Gasteiger partial charge in [0.15, 0.2) is 0 Å². The maximum Gasteiger partial charge on any atom is 0.322 e. The molecule has 140 valence electrons. The number of carbonyl (C=O) groups is 1. The van der Waals surface area contributed by atoms with Crippen molar-refractivity contribution < 1.29 is 9.53 Å². The molecule has 0 spiro atoms. The van der Waals surface area contributed by atoms with Gasteiger partial charge in [-0.1, -0.05) is 12.1 Å². The number of rotatable bonds is 4. The van der Waals surface area contributed by atoms with Gasteiger partial charge in [-0.15, -0.1) is 0 Å². The summed E-state index contributed by atoms with van der Waals surface area (Å²) < 4.78 is 14.6. The second-order valence-corrected chi connectivity index (χ2v) is 7.23. The van der Waals surface area contributed by atoms with Crippen molar-refractivity contribution in [2.45, 2.75) is 32.5 Å². The summed E-state index contributed by atoms with van der Waals surface area (Å²) in [6, 6.07) is 7.65. The minimum atomic E-state index is -0.117. The molecular formula is C19H21N5O2S. The molecule has 1 atom stereocenters. The molecule has 1 aliphatic rings. The van der Waals surface area contributed by atoms with Gasteiger partial charge in [-0.2, -0.15) is 8.75 Å². The van der Waals surface area contributed by atoms with Gasteiger partial charge in [-0.05, 0) is 43.0 Å². The number of amides is 2. The van der Waals surface area contributed by atoms with Crippen LogP contribution in [0, 0.1) is 6.92 Å². The lowest BCUT2D eigenvalue weighted by Crippen LogP contribution is -2.45. The first kappa shape index (κ1) is 17.8. The molecule has 0 radical (unpaired) electrons. The Morgan fingerprint density at radius 3 is 3.15 bits per heavy atom. The van der Waals surface area contributed by atoms with Crippen LogP contribution in [0.2, 0.25) is 0 Å². The smallest absolute Gasteiger partial charge is 0.322 e. The zero-order chi connectivity index (χ0) is 18.6. The first-order valence-electron chi connectivity index (χ1n) is 8.99. The molecule has 3 aromatic rings. The summed E-state index contributed by atoms with van der Waals surface area (Å²) in [4.78, 5) is 18.7. The lowest BCUT2D eigenvalue weighted by molar-refractivity contribution is 0.000918. The van der Waals surface area contributed by atoms with Crippen LogP contribution < -0.4 is 5.32 Å². The van der Waals surface area contributed by atoms with Crippen molar-refractivity contribution in [1.29, 1.82) is 0 Å². The number of fused-ring (bicyclic) bond motifs is 1. The van der Waals surface area contributed by atoms with Crippen LogP contribution >= 0.6 is 11.7 Å². The number of nitrogens with zero attached hydrogens (tertiary/aromatic N) is 4. The molecule has 0 unspecified atom stereocenters.